The Kier molecular flexibility index (Phi) is 4.58. The maximum Gasteiger partial charge on any atom is 0.416 e. The van der Waals surface area contributed by atoms with Crippen LogP contribution in [0, 0.1) is 0 Å². The number of carbonyl (C=O) groups excluding carboxylic acids is 1. The van der Waals surface area contributed by atoms with Crippen molar-refractivity contribution in [2.24, 2.45) is 0 Å². The smallest absolute Gasteiger partial charge is 0.306 e. The highest BCUT2D eigenvalue weighted by Crippen LogP contribution is 2.30. The van der Waals surface area contributed by atoms with E-state index in [1.54, 1.807) is 6.07 Å². The number of anilines is 2. The van der Waals surface area contributed by atoms with Gasteiger partial charge in [-0.05, 0) is 36.4 Å². The standard InChI is InChI=1S/C14H10ClF3N2O2/c15-10-4-2-6-12(8-10)20(22)13(21)19-11-5-1-3-9(7-11)14(16,17)18/h1-8,22H,(H,19,21). The van der Waals surface area contributed by atoms with Gasteiger partial charge in [-0.1, -0.05) is 23.7 Å². The number of rotatable bonds is 2. The van der Waals surface area contributed by atoms with E-state index in [4.69, 9.17) is 11.6 Å². The first-order valence-electron chi connectivity index (χ1n) is 6.00. The molecule has 0 aliphatic carbocycles. The molecule has 2 aromatic rings. The summed E-state index contributed by atoms with van der Waals surface area (Å²) in [6.07, 6.45) is -4.52. The molecule has 8 heteroatoms. The lowest BCUT2D eigenvalue weighted by Gasteiger charge is -2.16. The zero-order chi connectivity index (χ0) is 16.3. The Morgan fingerprint density at radius 3 is 2.45 bits per heavy atom. The van der Waals surface area contributed by atoms with Crippen LogP contribution in [0.25, 0.3) is 0 Å². The number of amides is 2. The Morgan fingerprint density at radius 2 is 1.82 bits per heavy atom. The van der Waals surface area contributed by atoms with Crippen molar-refractivity contribution in [2.45, 2.75) is 6.18 Å². The second-order valence-corrected chi connectivity index (χ2v) is 4.74. The molecular formula is C14H10ClF3N2O2. The Balaban J connectivity index is 2.15. The van der Waals surface area contributed by atoms with E-state index in [1.165, 1.54) is 24.3 Å². The lowest BCUT2D eigenvalue weighted by atomic mass is 10.2. The van der Waals surface area contributed by atoms with E-state index in [1.807, 2.05) is 0 Å². The summed E-state index contributed by atoms with van der Waals surface area (Å²) in [4.78, 5) is 11.8. The normalized spacial score (nSPS) is 11.1. The molecule has 0 saturated heterocycles. The van der Waals surface area contributed by atoms with Crippen molar-refractivity contribution in [2.75, 3.05) is 10.4 Å². The molecule has 2 N–H and O–H groups in total. The summed E-state index contributed by atoms with van der Waals surface area (Å²) < 4.78 is 37.8. The molecule has 0 aliphatic rings. The van der Waals surface area contributed by atoms with E-state index in [0.29, 0.717) is 5.02 Å². The topological polar surface area (TPSA) is 52.6 Å². The van der Waals surface area contributed by atoms with Crippen LogP contribution < -0.4 is 10.4 Å². The van der Waals surface area contributed by atoms with Crippen molar-refractivity contribution in [3.63, 3.8) is 0 Å². The van der Waals surface area contributed by atoms with Crippen LogP contribution in [0.2, 0.25) is 5.02 Å². The minimum absolute atomic E-state index is 0.0805. The maximum absolute atomic E-state index is 12.6. The van der Waals surface area contributed by atoms with E-state index in [-0.39, 0.29) is 16.4 Å². The number of carbonyl (C=O) groups is 1. The Bertz CT molecular complexity index is 692. The summed E-state index contributed by atoms with van der Waals surface area (Å²) in [7, 11) is 0. The molecule has 2 aromatic carbocycles. The van der Waals surface area contributed by atoms with Crippen molar-refractivity contribution < 1.29 is 23.2 Å². The molecule has 0 saturated carbocycles. The van der Waals surface area contributed by atoms with Gasteiger partial charge >= 0.3 is 12.2 Å². The molecule has 0 unspecified atom stereocenters. The van der Waals surface area contributed by atoms with E-state index >= 15 is 0 Å². The third-order valence-corrected chi connectivity index (χ3v) is 2.92. The van der Waals surface area contributed by atoms with Gasteiger partial charge in [-0.15, -0.1) is 0 Å². The van der Waals surface area contributed by atoms with Gasteiger partial charge in [0.05, 0.1) is 11.3 Å². The third-order valence-electron chi connectivity index (χ3n) is 2.69. The number of halogens is 4. The number of hydrogen-bond acceptors (Lipinski definition) is 2. The molecule has 22 heavy (non-hydrogen) atoms. The average Bonchev–Trinajstić information content (AvgIpc) is 2.46. The zero-order valence-electron chi connectivity index (χ0n) is 10.9. The first kappa shape index (κ1) is 16.1. The number of hydroxylamine groups is 1. The van der Waals surface area contributed by atoms with Crippen molar-refractivity contribution in [1.82, 2.24) is 0 Å². The van der Waals surface area contributed by atoms with Crippen molar-refractivity contribution in [1.29, 1.82) is 0 Å². The van der Waals surface area contributed by atoms with Crippen LogP contribution in [-0.2, 0) is 6.18 Å². The first-order chi connectivity index (χ1) is 10.3. The van der Waals surface area contributed by atoms with Gasteiger partial charge in [-0.2, -0.15) is 18.2 Å². The molecular weight excluding hydrogens is 321 g/mol. The summed E-state index contributed by atoms with van der Waals surface area (Å²) in [5, 5.41) is 12.5. The molecule has 4 nitrogen and oxygen atoms in total. The molecule has 0 bridgehead atoms. The van der Waals surface area contributed by atoms with Crippen molar-refractivity contribution in [3.8, 4) is 0 Å². The fourth-order valence-electron chi connectivity index (χ4n) is 1.67. The minimum Gasteiger partial charge on any atom is -0.306 e. The minimum atomic E-state index is -4.52. The molecule has 0 spiro atoms. The van der Waals surface area contributed by atoms with E-state index < -0.39 is 17.8 Å². The SMILES string of the molecule is O=C(Nc1cccc(C(F)(F)F)c1)N(O)c1cccc(Cl)c1. The maximum atomic E-state index is 12.6. The van der Waals surface area contributed by atoms with Crippen LogP contribution >= 0.6 is 11.6 Å². The van der Waals surface area contributed by atoms with E-state index in [9.17, 15) is 23.2 Å². The van der Waals surface area contributed by atoms with E-state index in [2.05, 4.69) is 5.32 Å². The number of benzene rings is 2. The van der Waals surface area contributed by atoms with Gasteiger partial charge < -0.3 is 5.32 Å². The predicted octanol–water partition coefficient (Wildman–Crippen LogP) is 4.79. The summed E-state index contributed by atoms with van der Waals surface area (Å²) in [6, 6.07) is 8.86. The summed E-state index contributed by atoms with van der Waals surface area (Å²) >= 11 is 5.73. The monoisotopic (exact) mass is 330 g/mol. The number of urea groups is 1. The lowest BCUT2D eigenvalue weighted by molar-refractivity contribution is -0.137. The second kappa shape index (κ2) is 6.25. The Morgan fingerprint density at radius 1 is 1.14 bits per heavy atom. The number of nitrogens with one attached hydrogen (secondary N) is 1. The van der Waals surface area contributed by atoms with Crippen LogP contribution in [0.3, 0.4) is 0 Å². The fraction of sp³-hybridized carbons (Fsp3) is 0.0714. The summed E-state index contributed by atoms with van der Waals surface area (Å²) in [5.74, 6) is 0. The highest BCUT2D eigenvalue weighted by molar-refractivity contribution is 6.30. The lowest BCUT2D eigenvalue weighted by Crippen LogP contribution is -2.31. The van der Waals surface area contributed by atoms with Crippen LogP contribution in [0.1, 0.15) is 5.56 Å². The summed E-state index contributed by atoms with van der Waals surface area (Å²) in [5.41, 5.74) is -0.921. The highest BCUT2D eigenvalue weighted by atomic mass is 35.5. The number of hydrogen-bond donors (Lipinski definition) is 2. The quantitative estimate of drug-likeness (QED) is 0.614. The summed E-state index contributed by atoms with van der Waals surface area (Å²) in [6.45, 7) is 0. The average molecular weight is 331 g/mol. The van der Waals surface area contributed by atoms with Gasteiger partial charge in [0.1, 0.15) is 0 Å². The van der Waals surface area contributed by atoms with Crippen LogP contribution in [0.15, 0.2) is 48.5 Å². The number of alkyl halides is 3. The molecule has 0 fully saturated rings. The third kappa shape index (κ3) is 3.90. The van der Waals surface area contributed by atoms with Gasteiger partial charge in [0, 0.05) is 10.7 Å². The van der Waals surface area contributed by atoms with Crippen molar-refractivity contribution in [3.05, 3.63) is 59.1 Å². The molecule has 2 amide bonds. The highest BCUT2D eigenvalue weighted by Gasteiger charge is 2.30. The molecule has 0 aromatic heterocycles. The van der Waals surface area contributed by atoms with Gasteiger partial charge in [-0.25, -0.2) is 4.79 Å². The van der Waals surface area contributed by atoms with Gasteiger partial charge in [0.25, 0.3) is 0 Å². The Labute approximate surface area is 128 Å². The van der Waals surface area contributed by atoms with Crippen LogP contribution in [-0.4, -0.2) is 11.2 Å². The second-order valence-electron chi connectivity index (χ2n) is 4.30. The van der Waals surface area contributed by atoms with Crippen molar-refractivity contribution >= 4 is 29.0 Å². The van der Waals surface area contributed by atoms with Gasteiger partial charge in [0.2, 0.25) is 0 Å². The molecule has 116 valence electrons. The predicted molar refractivity (Wildman–Crippen MR) is 76.2 cm³/mol. The van der Waals surface area contributed by atoms with E-state index in [0.717, 1.165) is 18.2 Å². The Hall–Kier alpha value is -2.25. The van der Waals surface area contributed by atoms with Crippen LogP contribution in [0.4, 0.5) is 29.3 Å². The zero-order valence-corrected chi connectivity index (χ0v) is 11.7. The number of nitrogens with zero attached hydrogens (tertiary/aromatic N) is 1. The van der Waals surface area contributed by atoms with Crippen LogP contribution in [0.5, 0.6) is 0 Å². The van der Waals surface area contributed by atoms with Gasteiger partial charge in [-0.3, -0.25) is 5.21 Å². The molecule has 0 atom stereocenters. The largest absolute Gasteiger partial charge is 0.416 e. The fourth-order valence-corrected chi connectivity index (χ4v) is 1.86. The first-order valence-corrected chi connectivity index (χ1v) is 6.38. The molecule has 0 radical (unpaired) electrons. The molecule has 0 aliphatic heterocycles. The molecule has 2 rings (SSSR count). The molecule has 0 heterocycles. The van der Waals surface area contributed by atoms with Gasteiger partial charge in [0.15, 0.2) is 0 Å².